The zero-order valence-electron chi connectivity index (χ0n) is 13.4. The van der Waals surface area contributed by atoms with Crippen molar-refractivity contribution in [2.75, 3.05) is 11.9 Å². The molecule has 1 aromatic carbocycles. The number of nitrogens with one attached hydrogen (secondary N) is 1. The molecule has 7 heteroatoms. The molecule has 0 aliphatic rings. The third-order valence-corrected chi connectivity index (χ3v) is 3.97. The second-order valence-electron chi connectivity index (χ2n) is 5.25. The summed E-state index contributed by atoms with van der Waals surface area (Å²) in [6.07, 6.45) is 0. The summed E-state index contributed by atoms with van der Waals surface area (Å²) in [5.74, 6) is 0.714. The summed E-state index contributed by atoms with van der Waals surface area (Å²) in [4.78, 5) is 16.4. The van der Waals surface area contributed by atoms with Crippen LogP contribution in [0.2, 0.25) is 0 Å². The van der Waals surface area contributed by atoms with Crippen molar-refractivity contribution >= 4 is 34.8 Å². The van der Waals surface area contributed by atoms with E-state index in [1.54, 1.807) is 0 Å². The maximum atomic E-state index is 11.9. The fourth-order valence-electron chi connectivity index (χ4n) is 1.84. The van der Waals surface area contributed by atoms with Crippen molar-refractivity contribution in [1.29, 1.82) is 0 Å². The summed E-state index contributed by atoms with van der Waals surface area (Å²) in [5.41, 5.74) is 7.62. The van der Waals surface area contributed by atoms with E-state index in [-0.39, 0.29) is 24.2 Å². The smallest absolute Gasteiger partial charge is 0.243 e. The van der Waals surface area contributed by atoms with E-state index in [1.165, 1.54) is 11.3 Å². The minimum atomic E-state index is -0.530. The zero-order valence-corrected chi connectivity index (χ0v) is 15.0. The van der Waals surface area contributed by atoms with Gasteiger partial charge >= 0.3 is 0 Å². The average Bonchev–Trinajstić information content (AvgIpc) is 2.96. The van der Waals surface area contributed by atoms with E-state index in [0.717, 1.165) is 17.0 Å². The second kappa shape index (κ2) is 8.86. The van der Waals surface area contributed by atoms with Crippen molar-refractivity contribution < 1.29 is 9.53 Å². The number of thiazole rings is 1. The van der Waals surface area contributed by atoms with Crippen LogP contribution in [-0.4, -0.2) is 23.5 Å². The zero-order chi connectivity index (χ0) is 16.1. The molecule has 0 saturated carbocycles. The molecule has 126 valence electrons. The molecule has 5 nitrogen and oxygen atoms in total. The maximum absolute atomic E-state index is 11.9. The summed E-state index contributed by atoms with van der Waals surface area (Å²) in [6, 6.07) is 7.19. The molecule has 1 atom stereocenters. The van der Waals surface area contributed by atoms with Gasteiger partial charge in [-0.2, -0.15) is 0 Å². The standard InChI is InChI=1S/C16H21N3O2S.ClH/c1-4-21-12-7-5-11(6-8-12)13-9-22-16(18-13)19-15(20)14(17)10(2)3;/h5-10,14H,4,17H2,1-3H3,(H,18,19,20);1H/t14-;/m0./s1. The van der Waals surface area contributed by atoms with Crippen LogP contribution >= 0.6 is 23.7 Å². The highest BCUT2D eigenvalue weighted by Gasteiger charge is 2.18. The second-order valence-corrected chi connectivity index (χ2v) is 6.11. The van der Waals surface area contributed by atoms with Crippen LogP contribution in [0.1, 0.15) is 20.8 Å². The number of hydrogen-bond acceptors (Lipinski definition) is 5. The Labute approximate surface area is 146 Å². The molecule has 2 aromatic rings. The molecule has 0 unspecified atom stereocenters. The number of ether oxygens (including phenoxy) is 1. The molecular formula is C16H22ClN3O2S. The van der Waals surface area contributed by atoms with Crippen LogP contribution in [0.25, 0.3) is 11.3 Å². The number of aromatic nitrogens is 1. The fraction of sp³-hybridized carbons (Fsp3) is 0.375. The van der Waals surface area contributed by atoms with Gasteiger partial charge in [-0.05, 0) is 37.1 Å². The summed E-state index contributed by atoms with van der Waals surface area (Å²) in [5, 5.41) is 5.23. The third-order valence-electron chi connectivity index (χ3n) is 3.22. The largest absolute Gasteiger partial charge is 0.494 e. The Morgan fingerprint density at radius 2 is 2.00 bits per heavy atom. The highest BCUT2D eigenvalue weighted by atomic mass is 35.5. The van der Waals surface area contributed by atoms with Gasteiger partial charge in [0.1, 0.15) is 5.75 Å². The van der Waals surface area contributed by atoms with Crippen molar-refractivity contribution in [3.8, 4) is 17.0 Å². The molecule has 0 spiro atoms. The first-order valence-electron chi connectivity index (χ1n) is 7.26. The van der Waals surface area contributed by atoms with Gasteiger partial charge in [0.2, 0.25) is 5.91 Å². The van der Waals surface area contributed by atoms with Crippen LogP contribution in [-0.2, 0) is 4.79 Å². The van der Waals surface area contributed by atoms with Crippen LogP contribution in [0.5, 0.6) is 5.75 Å². The molecule has 1 aromatic heterocycles. The number of benzene rings is 1. The van der Waals surface area contributed by atoms with Gasteiger partial charge in [-0.25, -0.2) is 4.98 Å². The third kappa shape index (κ3) is 5.20. The van der Waals surface area contributed by atoms with Crippen molar-refractivity contribution in [3.05, 3.63) is 29.6 Å². The van der Waals surface area contributed by atoms with Crippen molar-refractivity contribution in [2.24, 2.45) is 11.7 Å². The molecule has 3 N–H and O–H groups in total. The highest BCUT2D eigenvalue weighted by Crippen LogP contribution is 2.26. The van der Waals surface area contributed by atoms with Crippen molar-refractivity contribution in [1.82, 2.24) is 4.98 Å². The Morgan fingerprint density at radius 1 is 1.35 bits per heavy atom. The average molecular weight is 356 g/mol. The number of nitrogens with two attached hydrogens (primary N) is 1. The number of carbonyl (C=O) groups excluding carboxylic acids is 1. The Balaban J connectivity index is 0.00000264. The molecular weight excluding hydrogens is 334 g/mol. The molecule has 0 bridgehead atoms. The van der Waals surface area contributed by atoms with E-state index >= 15 is 0 Å². The van der Waals surface area contributed by atoms with Gasteiger partial charge in [-0.1, -0.05) is 13.8 Å². The van der Waals surface area contributed by atoms with Crippen LogP contribution in [0.3, 0.4) is 0 Å². The van der Waals surface area contributed by atoms with Crippen molar-refractivity contribution in [2.45, 2.75) is 26.8 Å². The van der Waals surface area contributed by atoms with E-state index in [0.29, 0.717) is 11.7 Å². The van der Waals surface area contributed by atoms with Gasteiger partial charge in [-0.3, -0.25) is 4.79 Å². The predicted octanol–water partition coefficient (Wildman–Crippen LogP) is 3.55. The Hall–Kier alpha value is -1.63. The first-order chi connectivity index (χ1) is 10.5. The topological polar surface area (TPSA) is 77.2 Å². The fourth-order valence-corrected chi connectivity index (χ4v) is 2.57. The maximum Gasteiger partial charge on any atom is 0.243 e. The molecule has 0 aliphatic carbocycles. The summed E-state index contributed by atoms with van der Waals surface area (Å²) >= 11 is 1.39. The minimum absolute atomic E-state index is 0. The summed E-state index contributed by atoms with van der Waals surface area (Å²) < 4.78 is 5.41. The van der Waals surface area contributed by atoms with Gasteiger partial charge in [0, 0.05) is 10.9 Å². The van der Waals surface area contributed by atoms with Gasteiger partial charge in [0.05, 0.1) is 18.3 Å². The lowest BCUT2D eigenvalue weighted by atomic mass is 10.1. The lowest BCUT2D eigenvalue weighted by molar-refractivity contribution is -0.118. The Bertz CT molecular complexity index is 629. The SMILES string of the molecule is CCOc1ccc(-c2csc(NC(=O)[C@@H](N)C(C)C)n2)cc1.Cl. The lowest BCUT2D eigenvalue weighted by Gasteiger charge is -2.13. The first-order valence-corrected chi connectivity index (χ1v) is 8.14. The van der Waals surface area contributed by atoms with E-state index in [4.69, 9.17) is 10.5 Å². The molecule has 23 heavy (non-hydrogen) atoms. The lowest BCUT2D eigenvalue weighted by Crippen LogP contribution is -2.39. The quantitative estimate of drug-likeness (QED) is 0.830. The number of rotatable bonds is 6. The van der Waals surface area contributed by atoms with Crippen LogP contribution in [0, 0.1) is 5.92 Å². The Kier molecular flexibility index (Phi) is 7.48. The normalized spacial score (nSPS) is 11.7. The van der Waals surface area contributed by atoms with E-state index < -0.39 is 6.04 Å². The van der Waals surface area contributed by atoms with Crippen LogP contribution < -0.4 is 15.8 Å². The molecule has 1 amide bonds. The molecule has 0 aliphatic heterocycles. The van der Waals surface area contributed by atoms with Crippen LogP contribution in [0.4, 0.5) is 5.13 Å². The number of anilines is 1. The monoisotopic (exact) mass is 355 g/mol. The van der Waals surface area contributed by atoms with E-state index in [1.807, 2.05) is 50.4 Å². The minimum Gasteiger partial charge on any atom is -0.494 e. The summed E-state index contributed by atoms with van der Waals surface area (Å²) in [7, 11) is 0. The molecule has 1 heterocycles. The number of hydrogen-bond donors (Lipinski definition) is 2. The molecule has 0 fully saturated rings. The van der Waals surface area contributed by atoms with E-state index in [2.05, 4.69) is 10.3 Å². The molecule has 0 saturated heterocycles. The van der Waals surface area contributed by atoms with Crippen molar-refractivity contribution in [3.63, 3.8) is 0 Å². The number of nitrogens with zero attached hydrogens (tertiary/aromatic N) is 1. The Morgan fingerprint density at radius 3 is 2.57 bits per heavy atom. The number of amides is 1. The van der Waals surface area contributed by atoms with Gasteiger partial charge < -0.3 is 15.8 Å². The van der Waals surface area contributed by atoms with Crippen LogP contribution in [0.15, 0.2) is 29.6 Å². The van der Waals surface area contributed by atoms with Gasteiger partial charge in [0.15, 0.2) is 5.13 Å². The predicted molar refractivity (Wildman–Crippen MR) is 97.4 cm³/mol. The number of carbonyl (C=O) groups is 1. The molecule has 2 rings (SSSR count). The van der Waals surface area contributed by atoms with Gasteiger partial charge in [-0.15, -0.1) is 23.7 Å². The molecule has 0 radical (unpaired) electrons. The number of halogens is 1. The first kappa shape index (κ1) is 19.4. The highest BCUT2D eigenvalue weighted by molar-refractivity contribution is 7.14. The van der Waals surface area contributed by atoms with E-state index in [9.17, 15) is 4.79 Å². The summed E-state index contributed by atoms with van der Waals surface area (Å²) in [6.45, 7) is 6.42. The van der Waals surface area contributed by atoms with Gasteiger partial charge in [0.25, 0.3) is 0 Å².